The summed E-state index contributed by atoms with van der Waals surface area (Å²) in [6.07, 6.45) is 4.54. The Bertz CT molecular complexity index is 1070. The summed E-state index contributed by atoms with van der Waals surface area (Å²) in [4.78, 5) is 12.6. The Morgan fingerprint density at radius 2 is 1.58 bits per heavy atom. The minimum atomic E-state index is -0.947. The van der Waals surface area contributed by atoms with E-state index in [0.717, 1.165) is 31.0 Å². The number of rotatable bonds is 4. The molecule has 0 aliphatic heterocycles. The molecule has 0 atom stereocenters. The third kappa shape index (κ3) is 4.75. The number of pyridine rings is 3. The topological polar surface area (TPSA) is 58.9 Å². The molecular weight excluding hydrogens is 579 g/mol. The molecule has 0 saturated heterocycles. The summed E-state index contributed by atoms with van der Waals surface area (Å²) in [6.45, 7) is 3.97. The van der Waals surface area contributed by atoms with Gasteiger partial charge < -0.3 is 10.1 Å². The van der Waals surface area contributed by atoms with Crippen LogP contribution in [0.1, 0.15) is 63.0 Å². The van der Waals surface area contributed by atoms with Crippen molar-refractivity contribution in [2.45, 2.75) is 57.0 Å². The SMILES string of the molecule is CC(C)(c1cccc(-c2[c-]cc(F)nc2F)n1)c1cccc(C2(O)CCCCC2)n1.[Pt]. The van der Waals surface area contributed by atoms with Crippen LogP contribution in [0, 0.1) is 18.0 Å². The Kier molecular flexibility index (Phi) is 7.02. The third-order valence-corrected chi connectivity index (χ3v) is 5.94. The van der Waals surface area contributed by atoms with Crippen LogP contribution in [0.2, 0.25) is 0 Å². The Labute approximate surface area is 195 Å². The van der Waals surface area contributed by atoms with Crippen LogP contribution in [0.5, 0.6) is 0 Å². The van der Waals surface area contributed by atoms with Crippen LogP contribution in [0.3, 0.4) is 0 Å². The molecule has 0 radical (unpaired) electrons. The maximum absolute atomic E-state index is 14.1. The van der Waals surface area contributed by atoms with Gasteiger partial charge in [0.05, 0.1) is 11.4 Å². The van der Waals surface area contributed by atoms with E-state index in [0.29, 0.717) is 29.9 Å². The normalized spacial score (nSPS) is 15.9. The number of halogens is 2. The Morgan fingerprint density at radius 1 is 0.935 bits per heavy atom. The first kappa shape index (κ1) is 23.6. The van der Waals surface area contributed by atoms with Crippen LogP contribution in [0.25, 0.3) is 11.3 Å². The first-order chi connectivity index (χ1) is 14.3. The monoisotopic (exact) mass is 603 g/mol. The van der Waals surface area contributed by atoms with Crippen LogP contribution in [0.4, 0.5) is 8.78 Å². The van der Waals surface area contributed by atoms with Gasteiger partial charge in [0.25, 0.3) is 0 Å². The minimum Gasteiger partial charge on any atom is -0.384 e. The molecule has 4 rings (SSSR count). The van der Waals surface area contributed by atoms with Crippen molar-refractivity contribution in [2.75, 3.05) is 0 Å². The molecule has 4 nitrogen and oxygen atoms in total. The second kappa shape index (κ2) is 9.21. The number of hydrogen-bond acceptors (Lipinski definition) is 4. The largest absolute Gasteiger partial charge is 0.384 e. The van der Waals surface area contributed by atoms with Gasteiger partial charge in [-0.1, -0.05) is 49.1 Å². The smallest absolute Gasteiger partial charge is 0.128 e. The molecule has 0 amide bonds. The zero-order chi connectivity index (χ0) is 21.4. The van der Waals surface area contributed by atoms with Gasteiger partial charge in [0.1, 0.15) is 17.5 Å². The quantitative estimate of drug-likeness (QED) is 0.334. The summed E-state index contributed by atoms with van der Waals surface area (Å²) >= 11 is 0. The van der Waals surface area contributed by atoms with Crippen molar-refractivity contribution in [2.24, 2.45) is 0 Å². The standard InChI is InChI=1S/C24H24F2N3O.Pt/c1-23(2,19-10-7-11-20(28-19)24(30)14-4-3-5-15-24)18-9-6-8-17(27-18)16-12-13-21(25)29-22(16)26;/h6-11,13,30H,3-5,14-15H2,1-2H3;/q-1;. The van der Waals surface area contributed by atoms with Gasteiger partial charge in [0, 0.05) is 32.2 Å². The van der Waals surface area contributed by atoms with E-state index in [4.69, 9.17) is 4.98 Å². The summed E-state index contributed by atoms with van der Waals surface area (Å²) in [5.41, 5.74) is 0.993. The summed E-state index contributed by atoms with van der Waals surface area (Å²) in [5.74, 6) is -1.87. The number of aromatic nitrogens is 3. The molecule has 7 heteroatoms. The van der Waals surface area contributed by atoms with Gasteiger partial charge in [-0.15, -0.1) is 6.07 Å². The second-order valence-corrected chi connectivity index (χ2v) is 8.42. The molecule has 3 heterocycles. The molecule has 0 aromatic carbocycles. The van der Waals surface area contributed by atoms with Gasteiger partial charge in [-0.2, -0.15) is 0 Å². The molecule has 0 unspecified atom stereocenters. The number of nitrogens with zero attached hydrogens (tertiary/aromatic N) is 3. The molecule has 1 fully saturated rings. The predicted molar refractivity (Wildman–Crippen MR) is 110 cm³/mol. The Hall–Kier alpha value is -2.04. The van der Waals surface area contributed by atoms with E-state index < -0.39 is 22.9 Å². The number of aliphatic hydroxyl groups is 1. The predicted octanol–water partition coefficient (Wildman–Crippen LogP) is 5.09. The van der Waals surface area contributed by atoms with Gasteiger partial charge in [-0.3, -0.25) is 9.97 Å². The van der Waals surface area contributed by atoms with Crippen LogP contribution < -0.4 is 0 Å². The van der Waals surface area contributed by atoms with Crippen molar-refractivity contribution in [3.8, 4) is 11.3 Å². The van der Waals surface area contributed by atoms with Crippen molar-refractivity contribution < 1.29 is 35.0 Å². The zero-order valence-corrected chi connectivity index (χ0v) is 19.7. The number of hydrogen-bond donors (Lipinski definition) is 1. The Morgan fingerprint density at radius 3 is 2.26 bits per heavy atom. The van der Waals surface area contributed by atoms with Gasteiger partial charge in [0.2, 0.25) is 0 Å². The molecule has 1 N–H and O–H groups in total. The van der Waals surface area contributed by atoms with Crippen LogP contribution >= 0.6 is 0 Å². The van der Waals surface area contributed by atoms with E-state index in [-0.39, 0.29) is 26.6 Å². The van der Waals surface area contributed by atoms with Crippen molar-refractivity contribution in [1.82, 2.24) is 15.0 Å². The van der Waals surface area contributed by atoms with E-state index in [9.17, 15) is 13.9 Å². The fraction of sp³-hybridized carbons (Fsp3) is 0.375. The van der Waals surface area contributed by atoms with Gasteiger partial charge in [-0.05, 0) is 50.6 Å². The van der Waals surface area contributed by atoms with Crippen LogP contribution in [-0.4, -0.2) is 20.1 Å². The van der Waals surface area contributed by atoms with Gasteiger partial charge >= 0.3 is 0 Å². The van der Waals surface area contributed by atoms with Crippen molar-refractivity contribution in [3.63, 3.8) is 0 Å². The van der Waals surface area contributed by atoms with Crippen molar-refractivity contribution >= 4 is 0 Å². The maximum atomic E-state index is 14.1. The first-order valence-electron chi connectivity index (χ1n) is 10.2. The van der Waals surface area contributed by atoms with E-state index in [1.807, 2.05) is 38.1 Å². The molecule has 3 aromatic heterocycles. The van der Waals surface area contributed by atoms with E-state index in [2.05, 4.69) is 16.0 Å². The zero-order valence-electron chi connectivity index (χ0n) is 17.4. The van der Waals surface area contributed by atoms with Gasteiger partial charge in [-0.25, -0.2) is 8.78 Å². The second-order valence-electron chi connectivity index (χ2n) is 8.42. The fourth-order valence-corrected chi connectivity index (χ4v) is 4.04. The van der Waals surface area contributed by atoms with Crippen molar-refractivity contribution in [1.29, 1.82) is 0 Å². The molecular formula is C24H24F2N3OPt-. The van der Waals surface area contributed by atoms with Crippen LogP contribution in [0.15, 0.2) is 42.5 Å². The van der Waals surface area contributed by atoms with Gasteiger partial charge in [0.15, 0.2) is 0 Å². The molecule has 0 spiro atoms. The molecule has 1 aliphatic carbocycles. The third-order valence-electron chi connectivity index (χ3n) is 5.94. The summed E-state index contributed by atoms with van der Waals surface area (Å²) in [6, 6.07) is 14.5. The molecule has 166 valence electrons. The van der Waals surface area contributed by atoms with Crippen molar-refractivity contribution in [3.05, 3.63) is 77.5 Å². The molecule has 31 heavy (non-hydrogen) atoms. The maximum Gasteiger partial charge on any atom is 0.128 e. The summed E-state index contributed by atoms with van der Waals surface area (Å²) in [5, 5.41) is 11.1. The Balaban J connectivity index is 0.00000272. The molecule has 0 bridgehead atoms. The first-order valence-corrected chi connectivity index (χ1v) is 10.2. The molecule has 1 aliphatic rings. The molecule has 1 saturated carbocycles. The van der Waals surface area contributed by atoms with Crippen LogP contribution in [-0.2, 0) is 32.1 Å². The van der Waals surface area contributed by atoms with E-state index >= 15 is 0 Å². The summed E-state index contributed by atoms with van der Waals surface area (Å²) in [7, 11) is 0. The fourth-order valence-electron chi connectivity index (χ4n) is 4.04. The summed E-state index contributed by atoms with van der Waals surface area (Å²) < 4.78 is 27.3. The van der Waals surface area contributed by atoms with E-state index in [1.165, 1.54) is 0 Å². The minimum absolute atomic E-state index is 0. The molecule has 3 aromatic rings. The average Bonchev–Trinajstić information content (AvgIpc) is 2.74. The van der Waals surface area contributed by atoms with E-state index in [1.54, 1.807) is 12.1 Å². The average molecular weight is 604 g/mol.